The van der Waals surface area contributed by atoms with Crippen LogP contribution in [0.15, 0.2) is 59.7 Å². The lowest BCUT2D eigenvalue weighted by Gasteiger charge is -2.08. The fourth-order valence-electron chi connectivity index (χ4n) is 2.19. The normalized spacial score (nSPS) is 10.7. The first-order valence-electron chi connectivity index (χ1n) is 6.41. The average molecular weight is 279 g/mol. The van der Waals surface area contributed by atoms with Crippen molar-refractivity contribution in [2.24, 2.45) is 0 Å². The van der Waals surface area contributed by atoms with Gasteiger partial charge in [0.1, 0.15) is 6.33 Å². The van der Waals surface area contributed by atoms with Gasteiger partial charge in [-0.25, -0.2) is 4.98 Å². The summed E-state index contributed by atoms with van der Waals surface area (Å²) in [4.78, 5) is 27.2. The second-order valence-electron chi connectivity index (χ2n) is 4.65. The molecule has 0 saturated carbocycles. The van der Waals surface area contributed by atoms with E-state index in [2.05, 4.69) is 4.98 Å². The molecule has 0 spiro atoms. The number of hydrogen-bond donors (Lipinski definition) is 0. The fraction of sp³-hybridized carbons (Fsp3) is 0.0625. The highest BCUT2D eigenvalue weighted by Gasteiger charge is 2.05. The molecule has 0 bridgehead atoms. The Hall–Kier alpha value is -2.95. The fourth-order valence-corrected chi connectivity index (χ4v) is 2.19. The highest BCUT2D eigenvalue weighted by atomic mass is 16.4. The van der Waals surface area contributed by atoms with Crippen LogP contribution >= 0.6 is 0 Å². The van der Waals surface area contributed by atoms with Gasteiger partial charge in [0.15, 0.2) is 0 Å². The molecule has 0 fully saturated rings. The van der Waals surface area contributed by atoms with Crippen molar-refractivity contribution in [1.82, 2.24) is 9.55 Å². The maximum atomic E-state index is 12.4. The van der Waals surface area contributed by atoms with E-state index in [-0.39, 0.29) is 12.0 Å². The van der Waals surface area contributed by atoms with Gasteiger partial charge < -0.3 is 9.90 Å². The van der Waals surface area contributed by atoms with Crippen LogP contribution in [0.5, 0.6) is 0 Å². The number of hydrogen-bond acceptors (Lipinski definition) is 4. The Labute approximate surface area is 120 Å². The third kappa shape index (κ3) is 2.53. The Morgan fingerprint density at radius 2 is 1.81 bits per heavy atom. The maximum absolute atomic E-state index is 12.4. The van der Waals surface area contributed by atoms with Crippen molar-refractivity contribution in [1.29, 1.82) is 0 Å². The van der Waals surface area contributed by atoms with E-state index >= 15 is 0 Å². The van der Waals surface area contributed by atoms with Crippen LogP contribution in [0.1, 0.15) is 5.56 Å². The molecule has 0 aliphatic heterocycles. The van der Waals surface area contributed by atoms with E-state index in [9.17, 15) is 14.7 Å². The number of carboxylic acid groups (broad SMARTS) is 1. The SMILES string of the molecule is O=C([O-])Cc1ccc(-n2cnc3ccccc3c2=O)cc1. The monoisotopic (exact) mass is 279 g/mol. The van der Waals surface area contributed by atoms with Crippen molar-refractivity contribution in [2.75, 3.05) is 0 Å². The van der Waals surface area contributed by atoms with Gasteiger partial charge in [0.05, 0.1) is 16.6 Å². The zero-order chi connectivity index (χ0) is 14.8. The lowest BCUT2D eigenvalue weighted by atomic mass is 10.1. The zero-order valence-electron chi connectivity index (χ0n) is 11.0. The summed E-state index contributed by atoms with van der Waals surface area (Å²) in [6.07, 6.45) is 1.32. The predicted molar refractivity (Wildman–Crippen MR) is 76.1 cm³/mol. The van der Waals surface area contributed by atoms with E-state index in [1.807, 2.05) is 6.07 Å². The number of carbonyl (C=O) groups excluding carboxylic acids is 1. The largest absolute Gasteiger partial charge is 0.550 e. The molecule has 1 aromatic heterocycles. The predicted octanol–water partition coefficient (Wildman–Crippen LogP) is 0.678. The van der Waals surface area contributed by atoms with Gasteiger partial charge in [0, 0.05) is 12.4 Å². The van der Waals surface area contributed by atoms with Crippen LogP contribution in [0.4, 0.5) is 0 Å². The molecule has 0 N–H and O–H groups in total. The van der Waals surface area contributed by atoms with Crippen molar-refractivity contribution in [2.45, 2.75) is 6.42 Å². The zero-order valence-corrected chi connectivity index (χ0v) is 11.0. The van der Waals surface area contributed by atoms with Crippen LogP contribution in [0.25, 0.3) is 16.6 Å². The number of aliphatic carboxylic acids is 1. The number of rotatable bonds is 3. The molecule has 21 heavy (non-hydrogen) atoms. The standard InChI is InChI=1S/C16H12N2O3/c19-15(20)9-11-5-7-12(8-6-11)18-10-17-14-4-2-1-3-13(14)16(18)21/h1-8,10H,9H2,(H,19,20)/p-1. The van der Waals surface area contributed by atoms with Crippen LogP contribution in [0, 0.1) is 0 Å². The van der Waals surface area contributed by atoms with Crippen LogP contribution in [-0.2, 0) is 11.2 Å². The first kappa shape index (κ1) is 13.1. The highest BCUT2D eigenvalue weighted by molar-refractivity contribution is 5.77. The minimum atomic E-state index is -1.13. The molecule has 0 aliphatic carbocycles. The molecule has 1 heterocycles. The van der Waals surface area contributed by atoms with Gasteiger partial charge in [-0.05, 0) is 29.8 Å². The molecule has 0 atom stereocenters. The van der Waals surface area contributed by atoms with Gasteiger partial charge in [-0.3, -0.25) is 9.36 Å². The summed E-state index contributed by atoms with van der Waals surface area (Å²) in [6.45, 7) is 0. The molecule has 104 valence electrons. The second kappa shape index (κ2) is 5.20. The van der Waals surface area contributed by atoms with Gasteiger partial charge >= 0.3 is 0 Å². The topological polar surface area (TPSA) is 75.0 Å². The quantitative estimate of drug-likeness (QED) is 0.706. The molecule has 0 aliphatic rings. The van der Waals surface area contributed by atoms with Gasteiger partial charge in [-0.2, -0.15) is 0 Å². The minimum absolute atomic E-state index is 0.148. The second-order valence-corrected chi connectivity index (χ2v) is 4.65. The van der Waals surface area contributed by atoms with Crippen molar-refractivity contribution in [3.05, 3.63) is 70.8 Å². The molecule has 5 nitrogen and oxygen atoms in total. The Bertz CT molecular complexity index is 867. The lowest BCUT2D eigenvalue weighted by molar-refractivity contribution is -0.304. The lowest BCUT2D eigenvalue weighted by Crippen LogP contribution is -2.24. The van der Waals surface area contributed by atoms with Crippen molar-refractivity contribution in [3.63, 3.8) is 0 Å². The number of carbonyl (C=O) groups is 1. The Balaban J connectivity index is 2.06. The molecule has 5 heteroatoms. The third-order valence-electron chi connectivity index (χ3n) is 3.23. The molecule has 0 saturated heterocycles. The van der Waals surface area contributed by atoms with Crippen molar-refractivity contribution < 1.29 is 9.90 Å². The number of para-hydroxylation sites is 1. The van der Waals surface area contributed by atoms with E-state index < -0.39 is 5.97 Å². The van der Waals surface area contributed by atoms with E-state index in [0.717, 1.165) is 0 Å². The molecule has 2 aromatic carbocycles. The third-order valence-corrected chi connectivity index (χ3v) is 3.23. The summed E-state index contributed by atoms with van der Waals surface area (Å²) >= 11 is 0. The number of nitrogens with zero attached hydrogens (tertiary/aromatic N) is 2. The highest BCUT2D eigenvalue weighted by Crippen LogP contribution is 2.11. The van der Waals surface area contributed by atoms with Gasteiger partial charge in [0.25, 0.3) is 5.56 Å². The van der Waals surface area contributed by atoms with E-state index in [1.54, 1.807) is 42.5 Å². The van der Waals surface area contributed by atoms with Crippen LogP contribution in [-0.4, -0.2) is 15.5 Å². The molecular formula is C16H11N2O3-. The molecule has 3 rings (SSSR count). The smallest absolute Gasteiger partial charge is 0.265 e. The minimum Gasteiger partial charge on any atom is -0.550 e. The Kier molecular flexibility index (Phi) is 3.23. The summed E-state index contributed by atoms with van der Waals surface area (Å²) in [6, 6.07) is 13.8. The summed E-state index contributed by atoms with van der Waals surface area (Å²) < 4.78 is 1.44. The summed E-state index contributed by atoms with van der Waals surface area (Å²) in [7, 11) is 0. The van der Waals surface area contributed by atoms with Crippen molar-refractivity contribution >= 4 is 16.9 Å². The van der Waals surface area contributed by atoms with Gasteiger partial charge in [0.2, 0.25) is 0 Å². The molecule has 0 unspecified atom stereocenters. The molecule has 0 radical (unpaired) electrons. The average Bonchev–Trinajstić information content (AvgIpc) is 2.48. The Morgan fingerprint density at radius 3 is 2.52 bits per heavy atom. The number of carboxylic acids is 1. The molecule has 0 amide bonds. The Morgan fingerprint density at radius 1 is 1.10 bits per heavy atom. The van der Waals surface area contributed by atoms with Gasteiger partial charge in [-0.1, -0.05) is 24.3 Å². The van der Waals surface area contributed by atoms with Crippen molar-refractivity contribution in [3.8, 4) is 5.69 Å². The number of benzene rings is 2. The molecule has 3 aromatic rings. The first-order valence-corrected chi connectivity index (χ1v) is 6.41. The summed E-state index contributed by atoms with van der Waals surface area (Å²) in [5.74, 6) is -1.13. The summed E-state index contributed by atoms with van der Waals surface area (Å²) in [5, 5.41) is 11.1. The molecular weight excluding hydrogens is 268 g/mol. The number of fused-ring (bicyclic) bond motifs is 1. The maximum Gasteiger partial charge on any atom is 0.265 e. The van der Waals surface area contributed by atoms with E-state index in [1.165, 1.54) is 10.9 Å². The van der Waals surface area contributed by atoms with Crippen LogP contribution in [0.3, 0.4) is 0 Å². The van der Waals surface area contributed by atoms with Crippen LogP contribution in [0.2, 0.25) is 0 Å². The number of aromatic nitrogens is 2. The van der Waals surface area contributed by atoms with E-state index in [0.29, 0.717) is 22.2 Å². The van der Waals surface area contributed by atoms with E-state index in [4.69, 9.17) is 0 Å². The first-order chi connectivity index (χ1) is 10.1. The van der Waals surface area contributed by atoms with Gasteiger partial charge in [-0.15, -0.1) is 0 Å². The van der Waals surface area contributed by atoms with Crippen LogP contribution < -0.4 is 10.7 Å². The summed E-state index contributed by atoms with van der Waals surface area (Å²) in [5.41, 5.74) is 1.75.